The Morgan fingerprint density at radius 1 is 1.21 bits per heavy atom. The van der Waals surface area contributed by atoms with Gasteiger partial charge in [-0.15, -0.1) is 11.3 Å². The van der Waals surface area contributed by atoms with Crippen LogP contribution in [0.2, 0.25) is 10.0 Å². The van der Waals surface area contributed by atoms with E-state index in [0.717, 1.165) is 16.6 Å². The minimum atomic E-state index is -0.578. The van der Waals surface area contributed by atoms with Crippen LogP contribution in [0.1, 0.15) is 5.69 Å². The van der Waals surface area contributed by atoms with E-state index in [4.69, 9.17) is 23.2 Å². The summed E-state index contributed by atoms with van der Waals surface area (Å²) in [7, 11) is 0. The minimum Gasteiger partial charge on any atom is -0.323 e. The summed E-state index contributed by atoms with van der Waals surface area (Å²) in [4.78, 5) is 16.5. The van der Waals surface area contributed by atoms with Gasteiger partial charge in [0.15, 0.2) is 0 Å². The Hall–Kier alpha value is -1.95. The van der Waals surface area contributed by atoms with Crippen LogP contribution in [-0.2, 0) is 11.2 Å². The van der Waals surface area contributed by atoms with E-state index in [-0.39, 0.29) is 23.0 Å². The van der Waals surface area contributed by atoms with Gasteiger partial charge in [-0.05, 0) is 24.3 Å². The minimum absolute atomic E-state index is 0.0447. The zero-order valence-corrected chi connectivity index (χ0v) is 14.6. The highest BCUT2D eigenvalue weighted by Crippen LogP contribution is 2.30. The van der Waals surface area contributed by atoms with Crippen LogP contribution < -0.4 is 5.32 Å². The zero-order chi connectivity index (χ0) is 17.1. The first-order valence-electron chi connectivity index (χ1n) is 6.97. The first-order valence-corrected chi connectivity index (χ1v) is 8.60. The molecule has 2 aromatic carbocycles. The van der Waals surface area contributed by atoms with Crippen molar-refractivity contribution in [2.75, 3.05) is 5.32 Å². The molecule has 0 atom stereocenters. The summed E-state index contributed by atoms with van der Waals surface area (Å²) in [6, 6.07) is 11.5. The molecule has 0 spiro atoms. The third-order valence-electron chi connectivity index (χ3n) is 3.20. The number of rotatable bonds is 4. The normalized spacial score (nSPS) is 10.6. The zero-order valence-electron chi connectivity index (χ0n) is 12.2. The van der Waals surface area contributed by atoms with Gasteiger partial charge in [0.2, 0.25) is 5.91 Å². The van der Waals surface area contributed by atoms with Crippen LogP contribution in [0.3, 0.4) is 0 Å². The monoisotopic (exact) mass is 380 g/mol. The van der Waals surface area contributed by atoms with Crippen LogP contribution in [0.25, 0.3) is 10.6 Å². The number of anilines is 1. The largest absolute Gasteiger partial charge is 0.323 e. The molecule has 0 unspecified atom stereocenters. The summed E-state index contributed by atoms with van der Waals surface area (Å²) in [5.41, 5.74) is 1.51. The molecule has 24 heavy (non-hydrogen) atoms. The number of nitrogens with zero attached hydrogens (tertiary/aromatic N) is 1. The van der Waals surface area contributed by atoms with Crippen LogP contribution in [-0.4, -0.2) is 10.9 Å². The molecule has 0 fully saturated rings. The number of thiazole rings is 1. The highest BCUT2D eigenvalue weighted by Gasteiger charge is 2.12. The molecule has 1 heterocycles. The molecule has 0 aliphatic heterocycles. The van der Waals surface area contributed by atoms with E-state index in [2.05, 4.69) is 10.3 Å². The number of benzene rings is 2. The highest BCUT2D eigenvalue weighted by molar-refractivity contribution is 7.13. The molecule has 1 aromatic heterocycles. The second kappa shape index (κ2) is 7.30. The Balaban J connectivity index is 1.70. The van der Waals surface area contributed by atoms with Crippen LogP contribution in [0.15, 0.2) is 47.8 Å². The summed E-state index contributed by atoms with van der Waals surface area (Å²) in [5, 5.41) is 5.91. The summed E-state index contributed by atoms with van der Waals surface area (Å²) in [5.74, 6) is -0.932. The van der Waals surface area contributed by atoms with E-state index in [9.17, 15) is 9.18 Å². The van der Waals surface area contributed by atoms with Crippen molar-refractivity contribution < 1.29 is 9.18 Å². The van der Waals surface area contributed by atoms with Crippen molar-refractivity contribution in [3.05, 3.63) is 69.4 Å². The molecule has 3 rings (SSSR count). The van der Waals surface area contributed by atoms with Gasteiger partial charge in [-0.3, -0.25) is 4.79 Å². The number of amides is 1. The van der Waals surface area contributed by atoms with Gasteiger partial charge in [0.1, 0.15) is 10.8 Å². The standard InChI is InChI=1S/C17H11Cl2FN2OS/c18-10-5-6-15(14(20)7-10)22-16(23)8-11-9-24-17(21-11)12-3-1-2-4-13(12)19/h1-7,9H,8H2,(H,22,23). The lowest BCUT2D eigenvalue weighted by atomic mass is 10.2. The van der Waals surface area contributed by atoms with E-state index >= 15 is 0 Å². The summed E-state index contributed by atoms with van der Waals surface area (Å²) >= 11 is 13.2. The second-order valence-corrected chi connectivity index (χ2v) is 6.67. The number of nitrogens with one attached hydrogen (secondary N) is 1. The first-order chi connectivity index (χ1) is 11.5. The molecule has 3 nitrogen and oxygen atoms in total. The highest BCUT2D eigenvalue weighted by atomic mass is 35.5. The summed E-state index contributed by atoms with van der Waals surface area (Å²) < 4.78 is 13.7. The Bertz CT molecular complexity index is 898. The van der Waals surface area contributed by atoms with Crippen molar-refractivity contribution in [1.29, 1.82) is 0 Å². The SMILES string of the molecule is O=C(Cc1csc(-c2ccccc2Cl)n1)Nc1ccc(Cl)cc1F. The molecule has 0 aliphatic rings. The number of carbonyl (C=O) groups excluding carboxylic acids is 1. The van der Waals surface area contributed by atoms with Gasteiger partial charge < -0.3 is 5.32 Å². The van der Waals surface area contributed by atoms with Crippen molar-refractivity contribution >= 4 is 46.1 Å². The average Bonchev–Trinajstić information content (AvgIpc) is 2.99. The second-order valence-electron chi connectivity index (χ2n) is 4.97. The molecular formula is C17H11Cl2FN2OS. The van der Waals surface area contributed by atoms with Crippen molar-refractivity contribution in [3.8, 4) is 10.6 Å². The van der Waals surface area contributed by atoms with Crippen LogP contribution in [0.4, 0.5) is 10.1 Å². The fraction of sp³-hybridized carbons (Fsp3) is 0.0588. The molecule has 0 aliphatic carbocycles. The number of carbonyl (C=O) groups is 1. The van der Waals surface area contributed by atoms with Crippen molar-refractivity contribution in [2.24, 2.45) is 0 Å². The predicted octanol–water partition coefficient (Wildman–Crippen LogP) is 5.44. The summed E-state index contributed by atoms with van der Waals surface area (Å²) in [6.07, 6.45) is 0.0447. The maximum absolute atomic E-state index is 13.7. The maximum Gasteiger partial charge on any atom is 0.230 e. The lowest BCUT2D eigenvalue weighted by Crippen LogP contribution is -2.15. The van der Waals surface area contributed by atoms with E-state index in [0.29, 0.717) is 10.7 Å². The molecule has 0 saturated carbocycles. The molecule has 3 aromatic rings. The van der Waals surface area contributed by atoms with Gasteiger partial charge in [-0.25, -0.2) is 9.37 Å². The van der Waals surface area contributed by atoms with E-state index < -0.39 is 5.82 Å². The molecule has 1 amide bonds. The molecule has 0 bridgehead atoms. The number of aromatic nitrogens is 1. The fourth-order valence-corrected chi connectivity index (χ4v) is 3.39. The van der Waals surface area contributed by atoms with E-state index in [1.165, 1.54) is 23.5 Å². The van der Waals surface area contributed by atoms with Gasteiger partial charge in [-0.2, -0.15) is 0 Å². The van der Waals surface area contributed by atoms with Gasteiger partial charge in [0.05, 0.1) is 22.8 Å². The van der Waals surface area contributed by atoms with E-state index in [1.54, 1.807) is 11.4 Å². The average molecular weight is 381 g/mol. The molecule has 122 valence electrons. The quantitative estimate of drug-likeness (QED) is 0.654. The third kappa shape index (κ3) is 3.93. The van der Waals surface area contributed by atoms with Gasteiger partial charge >= 0.3 is 0 Å². The molecule has 1 N–H and O–H groups in total. The Labute approximate surface area is 152 Å². The van der Waals surface area contributed by atoms with Gasteiger partial charge in [0.25, 0.3) is 0 Å². The fourth-order valence-electron chi connectivity index (χ4n) is 2.10. The number of hydrogen-bond donors (Lipinski definition) is 1. The number of hydrogen-bond acceptors (Lipinski definition) is 3. The van der Waals surface area contributed by atoms with Crippen molar-refractivity contribution in [3.63, 3.8) is 0 Å². The molecule has 0 radical (unpaired) electrons. The lowest BCUT2D eigenvalue weighted by Gasteiger charge is -2.05. The van der Waals surface area contributed by atoms with Gasteiger partial charge in [0, 0.05) is 16.0 Å². The smallest absolute Gasteiger partial charge is 0.230 e. The number of halogens is 3. The maximum atomic E-state index is 13.7. The Morgan fingerprint density at radius 3 is 2.75 bits per heavy atom. The Kier molecular flexibility index (Phi) is 5.14. The molecular weight excluding hydrogens is 370 g/mol. The van der Waals surface area contributed by atoms with Crippen LogP contribution in [0.5, 0.6) is 0 Å². The van der Waals surface area contributed by atoms with Crippen molar-refractivity contribution in [2.45, 2.75) is 6.42 Å². The third-order valence-corrected chi connectivity index (χ3v) is 4.69. The van der Waals surface area contributed by atoms with Crippen LogP contribution >= 0.6 is 34.5 Å². The lowest BCUT2D eigenvalue weighted by molar-refractivity contribution is -0.115. The topological polar surface area (TPSA) is 42.0 Å². The summed E-state index contributed by atoms with van der Waals surface area (Å²) in [6.45, 7) is 0. The first kappa shape index (κ1) is 16.9. The van der Waals surface area contributed by atoms with E-state index in [1.807, 2.05) is 18.2 Å². The van der Waals surface area contributed by atoms with Crippen LogP contribution in [0, 0.1) is 5.82 Å². The predicted molar refractivity (Wildman–Crippen MR) is 96.3 cm³/mol. The van der Waals surface area contributed by atoms with Crippen molar-refractivity contribution in [1.82, 2.24) is 4.98 Å². The Morgan fingerprint density at radius 2 is 2.00 bits per heavy atom. The molecule has 7 heteroatoms. The van der Waals surface area contributed by atoms with Gasteiger partial charge in [-0.1, -0.05) is 41.4 Å². The molecule has 0 saturated heterocycles.